The summed E-state index contributed by atoms with van der Waals surface area (Å²) in [5.41, 5.74) is -0.582. The quantitative estimate of drug-likeness (QED) is 0.577. The van der Waals surface area contributed by atoms with E-state index in [2.05, 4.69) is 24.3 Å². The minimum absolute atomic E-state index is 0.582. The van der Waals surface area contributed by atoms with Crippen LogP contribution in [0.4, 0.5) is 0 Å². The Bertz CT molecular complexity index is 119. The van der Waals surface area contributed by atoms with Crippen molar-refractivity contribution in [2.75, 3.05) is 33.7 Å². The molecular weight excluding hydrogens is 164 g/mol. The van der Waals surface area contributed by atoms with Crippen LogP contribution in [0.2, 0.25) is 0 Å². The Balaban J connectivity index is 3.09. The first kappa shape index (κ1) is 12.9. The van der Waals surface area contributed by atoms with Gasteiger partial charge in [-0.25, -0.2) is 0 Å². The maximum absolute atomic E-state index is 9.39. The van der Waals surface area contributed by atoms with Gasteiger partial charge in [-0.15, -0.1) is 0 Å². The first-order valence-corrected chi connectivity index (χ1v) is 4.99. The molecule has 0 atom stereocenters. The standard InChI is InChI=1S/C10H24N2O/c1-10(2,13)9-11-7-5-6-8-12(3)4/h11,13H,5-9H2,1-4H3. The highest BCUT2D eigenvalue weighted by Gasteiger charge is 2.10. The molecule has 0 aromatic rings. The molecule has 0 heterocycles. The molecule has 0 aliphatic carbocycles. The van der Waals surface area contributed by atoms with E-state index in [4.69, 9.17) is 0 Å². The van der Waals surface area contributed by atoms with Crippen molar-refractivity contribution < 1.29 is 5.11 Å². The molecule has 0 spiro atoms. The van der Waals surface area contributed by atoms with Crippen molar-refractivity contribution in [2.45, 2.75) is 32.3 Å². The molecule has 3 heteroatoms. The molecule has 2 N–H and O–H groups in total. The van der Waals surface area contributed by atoms with Crippen molar-refractivity contribution in [3.8, 4) is 0 Å². The Morgan fingerprint density at radius 3 is 2.31 bits per heavy atom. The van der Waals surface area contributed by atoms with Gasteiger partial charge in [0.25, 0.3) is 0 Å². The predicted molar refractivity (Wildman–Crippen MR) is 57.0 cm³/mol. The van der Waals surface area contributed by atoms with Crippen molar-refractivity contribution in [3.05, 3.63) is 0 Å². The first-order valence-electron chi connectivity index (χ1n) is 4.99. The molecule has 0 aliphatic heterocycles. The third-order valence-corrected chi connectivity index (χ3v) is 1.77. The van der Waals surface area contributed by atoms with E-state index in [9.17, 15) is 5.11 Å². The number of unbranched alkanes of at least 4 members (excludes halogenated alkanes) is 1. The summed E-state index contributed by atoms with van der Waals surface area (Å²) in [4.78, 5) is 2.19. The molecule has 0 fully saturated rings. The third-order valence-electron chi connectivity index (χ3n) is 1.77. The molecule has 0 bridgehead atoms. The molecule has 0 aliphatic rings. The molecule has 0 amide bonds. The normalized spacial score (nSPS) is 12.5. The van der Waals surface area contributed by atoms with Crippen LogP contribution in [-0.2, 0) is 0 Å². The maximum atomic E-state index is 9.39. The zero-order valence-corrected chi connectivity index (χ0v) is 9.43. The van der Waals surface area contributed by atoms with E-state index >= 15 is 0 Å². The lowest BCUT2D eigenvalue weighted by atomic mass is 10.1. The van der Waals surface area contributed by atoms with Gasteiger partial charge in [-0.1, -0.05) is 0 Å². The number of aliphatic hydroxyl groups is 1. The fourth-order valence-electron chi connectivity index (χ4n) is 1.07. The zero-order chi connectivity index (χ0) is 10.3. The smallest absolute Gasteiger partial charge is 0.0715 e. The molecule has 0 aromatic carbocycles. The summed E-state index contributed by atoms with van der Waals surface area (Å²) in [6, 6.07) is 0. The highest BCUT2D eigenvalue weighted by molar-refractivity contribution is 4.67. The largest absolute Gasteiger partial charge is 0.389 e. The van der Waals surface area contributed by atoms with Crippen molar-refractivity contribution in [3.63, 3.8) is 0 Å². The van der Waals surface area contributed by atoms with Gasteiger partial charge in [0.05, 0.1) is 5.60 Å². The van der Waals surface area contributed by atoms with Crippen molar-refractivity contribution >= 4 is 0 Å². The van der Waals surface area contributed by atoms with E-state index in [1.165, 1.54) is 12.8 Å². The second-order valence-corrected chi connectivity index (χ2v) is 4.50. The number of hydrogen-bond donors (Lipinski definition) is 2. The van der Waals surface area contributed by atoms with E-state index in [1.54, 1.807) is 0 Å². The Labute approximate surface area is 82.1 Å². The number of nitrogens with one attached hydrogen (secondary N) is 1. The molecule has 80 valence electrons. The monoisotopic (exact) mass is 188 g/mol. The Morgan fingerprint density at radius 1 is 1.23 bits per heavy atom. The van der Waals surface area contributed by atoms with Crippen LogP contribution in [0.3, 0.4) is 0 Å². The van der Waals surface area contributed by atoms with Gasteiger partial charge in [0, 0.05) is 6.54 Å². The van der Waals surface area contributed by atoms with Crippen LogP contribution in [0.15, 0.2) is 0 Å². The van der Waals surface area contributed by atoms with Crippen LogP contribution in [0, 0.1) is 0 Å². The van der Waals surface area contributed by atoms with Gasteiger partial charge < -0.3 is 15.3 Å². The third kappa shape index (κ3) is 11.9. The molecule has 0 unspecified atom stereocenters. The van der Waals surface area contributed by atoms with E-state index in [0.29, 0.717) is 6.54 Å². The fourth-order valence-corrected chi connectivity index (χ4v) is 1.07. The summed E-state index contributed by atoms with van der Waals surface area (Å²) in [5.74, 6) is 0. The Hall–Kier alpha value is -0.120. The molecule has 0 saturated carbocycles. The summed E-state index contributed by atoms with van der Waals surface area (Å²) < 4.78 is 0. The van der Waals surface area contributed by atoms with E-state index in [-0.39, 0.29) is 0 Å². The minimum Gasteiger partial charge on any atom is -0.389 e. The van der Waals surface area contributed by atoms with Crippen molar-refractivity contribution in [1.82, 2.24) is 10.2 Å². The zero-order valence-electron chi connectivity index (χ0n) is 9.43. The minimum atomic E-state index is -0.582. The van der Waals surface area contributed by atoms with Crippen LogP contribution in [0.25, 0.3) is 0 Å². The van der Waals surface area contributed by atoms with Gasteiger partial charge in [0.1, 0.15) is 0 Å². The molecule has 0 aromatic heterocycles. The van der Waals surface area contributed by atoms with Gasteiger partial charge in [0.2, 0.25) is 0 Å². The van der Waals surface area contributed by atoms with E-state index in [1.807, 2.05) is 13.8 Å². The van der Waals surface area contributed by atoms with Crippen molar-refractivity contribution in [1.29, 1.82) is 0 Å². The molecule has 0 rings (SSSR count). The van der Waals surface area contributed by atoms with Crippen LogP contribution < -0.4 is 5.32 Å². The lowest BCUT2D eigenvalue weighted by Gasteiger charge is -2.17. The second-order valence-electron chi connectivity index (χ2n) is 4.50. The summed E-state index contributed by atoms with van der Waals surface area (Å²) in [5, 5.41) is 12.6. The highest BCUT2D eigenvalue weighted by atomic mass is 16.3. The van der Waals surface area contributed by atoms with Gasteiger partial charge in [-0.2, -0.15) is 0 Å². The van der Waals surface area contributed by atoms with Gasteiger partial charge in [0.15, 0.2) is 0 Å². The molecule has 0 saturated heterocycles. The molecule has 13 heavy (non-hydrogen) atoms. The number of hydrogen-bond acceptors (Lipinski definition) is 3. The lowest BCUT2D eigenvalue weighted by Crippen LogP contribution is -2.35. The summed E-state index contributed by atoms with van der Waals surface area (Å²) in [6.45, 7) is 6.45. The topological polar surface area (TPSA) is 35.5 Å². The van der Waals surface area contributed by atoms with Gasteiger partial charge in [-0.05, 0) is 53.9 Å². The van der Waals surface area contributed by atoms with Crippen molar-refractivity contribution in [2.24, 2.45) is 0 Å². The highest BCUT2D eigenvalue weighted by Crippen LogP contribution is 1.97. The maximum Gasteiger partial charge on any atom is 0.0715 e. The number of rotatable bonds is 7. The van der Waals surface area contributed by atoms with Crippen LogP contribution >= 0.6 is 0 Å². The summed E-state index contributed by atoms with van der Waals surface area (Å²) in [6.07, 6.45) is 2.39. The fraction of sp³-hybridized carbons (Fsp3) is 1.00. The van der Waals surface area contributed by atoms with Crippen LogP contribution in [0.1, 0.15) is 26.7 Å². The average Bonchev–Trinajstić information content (AvgIpc) is 1.93. The Kier molecular flexibility index (Phi) is 6.29. The van der Waals surface area contributed by atoms with E-state index < -0.39 is 5.60 Å². The predicted octanol–water partition coefficient (Wildman–Crippen LogP) is 0.689. The molecule has 0 radical (unpaired) electrons. The first-order chi connectivity index (χ1) is 5.92. The van der Waals surface area contributed by atoms with Gasteiger partial charge in [-0.3, -0.25) is 0 Å². The van der Waals surface area contributed by atoms with E-state index in [0.717, 1.165) is 13.1 Å². The van der Waals surface area contributed by atoms with Crippen LogP contribution in [-0.4, -0.2) is 49.3 Å². The second kappa shape index (κ2) is 6.35. The lowest BCUT2D eigenvalue weighted by molar-refractivity contribution is 0.0799. The Morgan fingerprint density at radius 2 is 1.85 bits per heavy atom. The number of nitrogens with zero attached hydrogens (tertiary/aromatic N) is 1. The van der Waals surface area contributed by atoms with Crippen LogP contribution in [0.5, 0.6) is 0 Å². The average molecular weight is 188 g/mol. The SMILES string of the molecule is CN(C)CCCCNCC(C)(C)O. The van der Waals surface area contributed by atoms with Gasteiger partial charge >= 0.3 is 0 Å². The molecular formula is C10H24N2O. The summed E-state index contributed by atoms with van der Waals surface area (Å²) in [7, 11) is 4.18. The molecule has 3 nitrogen and oxygen atoms in total. The summed E-state index contributed by atoms with van der Waals surface area (Å²) >= 11 is 0.